The summed E-state index contributed by atoms with van der Waals surface area (Å²) < 4.78 is 0. The van der Waals surface area contributed by atoms with Crippen LogP contribution >= 0.6 is 0 Å². The Kier molecular flexibility index (Phi) is 5.26. The second-order valence-electron chi connectivity index (χ2n) is 8.01. The van der Waals surface area contributed by atoms with E-state index >= 15 is 0 Å². The summed E-state index contributed by atoms with van der Waals surface area (Å²) in [5.41, 5.74) is 0. The highest BCUT2D eigenvalue weighted by atomic mass is 28.4. The molecule has 2 aromatic rings. The SMILES string of the molecule is CC(C)(CC1CCC(=O)CC1)[Si](O)(c1ccccc1)c1ccccc1. The minimum absolute atomic E-state index is 0.208. The summed E-state index contributed by atoms with van der Waals surface area (Å²) in [5.74, 6) is 0.923. The molecule has 0 spiro atoms. The van der Waals surface area contributed by atoms with Crippen LogP contribution in [0.15, 0.2) is 60.7 Å². The third-order valence-electron chi connectivity index (χ3n) is 5.82. The van der Waals surface area contributed by atoms with Gasteiger partial charge in [-0.1, -0.05) is 74.5 Å². The van der Waals surface area contributed by atoms with Crippen LogP contribution in [0.3, 0.4) is 0 Å². The minimum atomic E-state index is -2.92. The van der Waals surface area contributed by atoms with Crippen molar-refractivity contribution in [2.45, 2.75) is 51.0 Å². The average Bonchev–Trinajstić information content (AvgIpc) is 2.64. The summed E-state index contributed by atoms with van der Waals surface area (Å²) >= 11 is 0. The molecule has 1 fully saturated rings. The summed E-state index contributed by atoms with van der Waals surface area (Å²) in [6, 6.07) is 20.4. The second kappa shape index (κ2) is 7.26. The van der Waals surface area contributed by atoms with Crippen molar-refractivity contribution in [1.29, 1.82) is 0 Å². The van der Waals surface area contributed by atoms with Crippen molar-refractivity contribution in [3.63, 3.8) is 0 Å². The molecule has 1 aliphatic rings. The highest BCUT2D eigenvalue weighted by Gasteiger charge is 2.50. The van der Waals surface area contributed by atoms with Gasteiger partial charge in [0.2, 0.25) is 0 Å². The predicted molar refractivity (Wildman–Crippen MR) is 106 cm³/mol. The highest BCUT2D eigenvalue weighted by molar-refractivity contribution is 6.98. The van der Waals surface area contributed by atoms with Crippen molar-refractivity contribution in [3.8, 4) is 0 Å². The molecule has 0 aliphatic heterocycles. The molecule has 2 aromatic carbocycles. The number of carbonyl (C=O) groups is 1. The van der Waals surface area contributed by atoms with Crippen LogP contribution in [0.1, 0.15) is 46.0 Å². The van der Waals surface area contributed by atoms with Gasteiger partial charge < -0.3 is 4.80 Å². The number of benzene rings is 2. The van der Waals surface area contributed by atoms with Gasteiger partial charge in [-0.2, -0.15) is 0 Å². The summed E-state index contributed by atoms with van der Waals surface area (Å²) in [4.78, 5) is 23.7. The van der Waals surface area contributed by atoms with E-state index in [1.165, 1.54) is 0 Å². The third kappa shape index (κ3) is 3.63. The van der Waals surface area contributed by atoms with Gasteiger partial charge in [0.15, 0.2) is 0 Å². The molecule has 1 aliphatic carbocycles. The van der Waals surface area contributed by atoms with Crippen molar-refractivity contribution >= 4 is 24.5 Å². The second-order valence-corrected chi connectivity index (χ2v) is 11.9. The zero-order valence-electron chi connectivity index (χ0n) is 15.2. The van der Waals surface area contributed by atoms with Gasteiger partial charge >= 0.3 is 0 Å². The van der Waals surface area contributed by atoms with Crippen LogP contribution < -0.4 is 10.4 Å². The molecule has 0 atom stereocenters. The van der Waals surface area contributed by atoms with Crippen LogP contribution in [0.2, 0.25) is 5.04 Å². The Bertz CT molecular complexity index is 660. The fourth-order valence-electron chi connectivity index (χ4n) is 4.38. The number of hydrogen-bond donors (Lipinski definition) is 1. The molecular weight excluding hydrogens is 324 g/mol. The Morgan fingerprint density at radius 3 is 1.80 bits per heavy atom. The van der Waals surface area contributed by atoms with Gasteiger partial charge in [0, 0.05) is 12.8 Å². The summed E-state index contributed by atoms with van der Waals surface area (Å²) in [7, 11) is -2.92. The maximum Gasteiger partial charge on any atom is 0.258 e. The fourth-order valence-corrected chi connectivity index (χ4v) is 8.21. The molecule has 0 unspecified atom stereocenters. The highest BCUT2D eigenvalue weighted by Crippen LogP contribution is 2.44. The lowest BCUT2D eigenvalue weighted by molar-refractivity contribution is -0.121. The molecule has 0 heterocycles. The van der Waals surface area contributed by atoms with Gasteiger partial charge in [0.25, 0.3) is 8.32 Å². The first kappa shape index (κ1) is 18.1. The smallest absolute Gasteiger partial charge is 0.258 e. The first-order chi connectivity index (χ1) is 11.9. The molecule has 3 heteroatoms. The molecule has 2 nitrogen and oxygen atoms in total. The van der Waals surface area contributed by atoms with Crippen molar-refractivity contribution in [2.24, 2.45) is 5.92 Å². The fraction of sp³-hybridized carbons (Fsp3) is 0.409. The van der Waals surface area contributed by atoms with Gasteiger partial charge in [0.1, 0.15) is 5.78 Å². The molecule has 0 radical (unpaired) electrons. The topological polar surface area (TPSA) is 37.3 Å². The minimum Gasteiger partial charge on any atom is -0.424 e. The lowest BCUT2D eigenvalue weighted by atomic mass is 9.83. The van der Waals surface area contributed by atoms with Crippen LogP contribution in [0.25, 0.3) is 0 Å². The summed E-state index contributed by atoms with van der Waals surface area (Å²) in [6.07, 6.45) is 4.31. The number of hydrogen-bond acceptors (Lipinski definition) is 2. The molecule has 132 valence electrons. The zero-order chi connectivity index (χ0) is 17.9. The third-order valence-corrected chi connectivity index (χ3v) is 10.3. The van der Waals surface area contributed by atoms with Gasteiger partial charge in [-0.05, 0) is 40.6 Å². The molecule has 25 heavy (non-hydrogen) atoms. The molecule has 1 N–H and O–H groups in total. The van der Waals surface area contributed by atoms with E-state index < -0.39 is 8.32 Å². The first-order valence-corrected chi connectivity index (χ1v) is 11.2. The Balaban J connectivity index is 1.97. The molecule has 3 rings (SSSR count). The number of Topliss-reactive ketones (excluding diaryl/α,β-unsaturated/α-hetero) is 1. The molecule has 0 saturated heterocycles. The average molecular weight is 353 g/mol. The van der Waals surface area contributed by atoms with E-state index in [-0.39, 0.29) is 5.04 Å². The number of rotatable bonds is 5. The zero-order valence-corrected chi connectivity index (χ0v) is 16.2. The Hall–Kier alpha value is -1.71. The lowest BCUT2D eigenvalue weighted by Gasteiger charge is -2.43. The Morgan fingerprint density at radius 2 is 1.36 bits per heavy atom. The van der Waals surface area contributed by atoms with Crippen LogP contribution in [-0.4, -0.2) is 18.9 Å². The van der Waals surface area contributed by atoms with E-state index in [2.05, 4.69) is 38.1 Å². The quantitative estimate of drug-likeness (QED) is 0.834. The first-order valence-electron chi connectivity index (χ1n) is 9.28. The van der Waals surface area contributed by atoms with Crippen molar-refractivity contribution in [3.05, 3.63) is 60.7 Å². The largest absolute Gasteiger partial charge is 0.424 e. The predicted octanol–water partition coefficient (Wildman–Crippen LogP) is 3.67. The van der Waals surface area contributed by atoms with E-state index in [0.29, 0.717) is 24.5 Å². The van der Waals surface area contributed by atoms with E-state index in [0.717, 1.165) is 29.6 Å². The Morgan fingerprint density at radius 1 is 0.920 bits per heavy atom. The van der Waals surface area contributed by atoms with Crippen molar-refractivity contribution in [1.82, 2.24) is 0 Å². The summed E-state index contributed by atoms with van der Waals surface area (Å²) in [6.45, 7) is 4.44. The van der Waals surface area contributed by atoms with Gasteiger partial charge in [-0.15, -0.1) is 0 Å². The molecule has 0 aromatic heterocycles. The molecular formula is C22H28O2Si. The molecule has 1 saturated carbocycles. The molecule has 0 amide bonds. The van der Waals surface area contributed by atoms with Gasteiger partial charge in [0.05, 0.1) is 0 Å². The van der Waals surface area contributed by atoms with Crippen molar-refractivity contribution in [2.75, 3.05) is 0 Å². The Labute approximate surface area is 152 Å². The number of carbonyl (C=O) groups excluding carboxylic acids is 1. The van der Waals surface area contributed by atoms with Crippen molar-refractivity contribution < 1.29 is 9.59 Å². The van der Waals surface area contributed by atoms with E-state index in [1.807, 2.05) is 36.4 Å². The van der Waals surface area contributed by atoms with Gasteiger partial charge in [-0.3, -0.25) is 4.79 Å². The lowest BCUT2D eigenvalue weighted by Crippen LogP contribution is -2.65. The standard InChI is InChI=1S/C22H28O2Si/c1-22(2,17-18-13-15-19(23)16-14-18)25(24,20-9-5-3-6-10-20)21-11-7-4-8-12-21/h3-12,18,24H,13-17H2,1-2H3. The maximum absolute atomic E-state index is 12.1. The summed E-state index contributed by atoms with van der Waals surface area (Å²) in [5, 5.41) is 1.93. The van der Waals surface area contributed by atoms with E-state index in [9.17, 15) is 9.59 Å². The molecule has 0 bridgehead atoms. The van der Waals surface area contributed by atoms with Crippen LogP contribution in [0.4, 0.5) is 0 Å². The van der Waals surface area contributed by atoms with Crippen LogP contribution in [-0.2, 0) is 4.79 Å². The van der Waals surface area contributed by atoms with E-state index in [1.54, 1.807) is 0 Å². The van der Waals surface area contributed by atoms with Crippen LogP contribution in [0, 0.1) is 5.92 Å². The number of ketones is 1. The van der Waals surface area contributed by atoms with Crippen LogP contribution in [0.5, 0.6) is 0 Å². The normalized spacial score (nSPS) is 16.8. The maximum atomic E-state index is 12.1. The monoisotopic (exact) mass is 352 g/mol. The van der Waals surface area contributed by atoms with Gasteiger partial charge in [-0.25, -0.2) is 0 Å². The van der Waals surface area contributed by atoms with E-state index in [4.69, 9.17) is 0 Å².